The van der Waals surface area contributed by atoms with Gasteiger partial charge in [0.15, 0.2) is 0 Å². The molecule has 0 aromatic heterocycles. The Morgan fingerprint density at radius 2 is 1.50 bits per heavy atom. The minimum absolute atomic E-state index is 0.0385. The lowest BCUT2D eigenvalue weighted by atomic mass is 9.78. The van der Waals surface area contributed by atoms with Gasteiger partial charge in [0.25, 0.3) is 0 Å². The van der Waals surface area contributed by atoms with E-state index in [-0.39, 0.29) is 37.1 Å². The van der Waals surface area contributed by atoms with Crippen molar-refractivity contribution in [1.29, 1.82) is 0 Å². The van der Waals surface area contributed by atoms with Crippen LogP contribution in [0.25, 0.3) is 0 Å². The van der Waals surface area contributed by atoms with E-state index in [1.54, 1.807) is 0 Å². The first-order valence-electron chi connectivity index (χ1n) is 7.12. The van der Waals surface area contributed by atoms with Crippen molar-refractivity contribution in [1.82, 2.24) is 4.90 Å². The molecular weight excluding hydrogens is 262 g/mol. The topological polar surface area (TPSA) is 80.8 Å². The highest BCUT2D eigenvalue weighted by Crippen LogP contribution is 2.44. The molecule has 3 fully saturated rings. The van der Waals surface area contributed by atoms with Crippen molar-refractivity contribution in [3.8, 4) is 0 Å². The zero-order valence-corrected chi connectivity index (χ0v) is 11.2. The second-order valence-corrected chi connectivity index (χ2v) is 6.02. The smallest absolute Gasteiger partial charge is 0.314 e. The van der Waals surface area contributed by atoms with Crippen molar-refractivity contribution in [3.05, 3.63) is 0 Å². The summed E-state index contributed by atoms with van der Waals surface area (Å²) in [5.74, 6) is -2.00. The van der Waals surface area contributed by atoms with Crippen LogP contribution in [0.4, 0.5) is 0 Å². The molecule has 2 aliphatic heterocycles. The van der Waals surface area contributed by atoms with Gasteiger partial charge in [-0.2, -0.15) is 0 Å². The van der Waals surface area contributed by atoms with Crippen LogP contribution in [0.2, 0.25) is 0 Å². The van der Waals surface area contributed by atoms with Gasteiger partial charge in [-0.1, -0.05) is 19.3 Å². The largest absolute Gasteiger partial charge is 0.393 e. The van der Waals surface area contributed by atoms with Crippen LogP contribution < -0.4 is 0 Å². The maximum absolute atomic E-state index is 12.6. The first-order chi connectivity index (χ1) is 9.52. The Bertz CT molecular complexity index is 476. The van der Waals surface area contributed by atoms with E-state index < -0.39 is 17.4 Å². The molecule has 20 heavy (non-hydrogen) atoms. The fourth-order valence-corrected chi connectivity index (χ4v) is 3.62. The Labute approximate surface area is 116 Å². The van der Waals surface area contributed by atoms with Gasteiger partial charge in [-0.25, -0.2) is 0 Å². The first kappa shape index (κ1) is 13.3. The molecule has 3 rings (SSSR count). The molecule has 0 aromatic carbocycles. The summed E-state index contributed by atoms with van der Waals surface area (Å²) in [6.07, 6.45) is 4.44. The standard InChI is InChI=1S/C14H17NO5/c16-10-6-14(7-11(17)20-12(18)8-14)13(19)15(10)9-4-2-1-3-5-9/h9H,1-8H2. The molecule has 0 N–H and O–H groups in total. The summed E-state index contributed by atoms with van der Waals surface area (Å²) < 4.78 is 4.48. The number of ether oxygens (including phenoxy) is 1. The summed E-state index contributed by atoms with van der Waals surface area (Å²) in [6, 6.07) is -0.0591. The molecule has 6 nitrogen and oxygen atoms in total. The molecule has 2 amide bonds. The van der Waals surface area contributed by atoms with Crippen LogP contribution in [0.15, 0.2) is 0 Å². The molecule has 0 atom stereocenters. The Balaban J connectivity index is 1.85. The van der Waals surface area contributed by atoms with Crippen LogP contribution in [-0.2, 0) is 23.9 Å². The molecule has 2 heterocycles. The van der Waals surface area contributed by atoms with Gasteiger partial charge in [-0.15, -0.1) is 0 Å². The van der Waals surface area contributed by atoms with Gasteiger partial charge in [0.2, 0.25) is 11.8 Å². The molecular formula is C14H17NO5. The summed E-state index contributed by atoms with van der Waals surface area (Å²) in [6.45, 7) is 0. The fraction of sp³-hybridized carbons (Fsp3) is 0.714. The number of hydrogen-bond donors (Lipinski definition) is 0. The van der Waals surface area contributed by atoms with E-state index in [9.17, 15) is 19.2 Å². The molecule has 6 heteroatoms. The van der Waals surface area contributed by atoms with E-state index >= 15 is 0 Å². The van der Waals surface area contributed by atoms with Gasteiger partial charge >= 0.3 is 11.9 Å². The SMILES string of the molecule is O=C1CC2(CC(=O)O1)CC(=O)N(C1CCCCC1)C2=O. The maximum Gasteiger partial charge on any atom is 0.314 e. The summed E-state index contributed by atoms with van der Waals surface area (Å²) in [4.78, 5) is 49.1. The van der Waals surface area contributed by atoms with Gasteiger partial charge < -0.3 is 4.74 Å². The Morgan fingerprint density at radius 3 is 2.10 bits per heavy atom. The van der Waals surface area contributed by atoms with E-state index in [0.29, 0.717) is 0 Å². The number of amides is 2. The van der Waals surface area contributed by atoms with Crippen LogP contribution in [0, 0.1) is 5.41 Å². The van der Waals surface area contributed by atoms with Gasteiger partial charge in [0.05, 0.1) is 18.3 Å². The second-order valence-electron chi connectivity index (χ2n) is 6.02. The third kappa shape index (κ3) is 2.03. The maximum atomic E-state index is 12.6. The van der Waals surface area contributed by atoms with E-state index in [4.69, 9.17) is 0 Å². The van der Waals surface area contributed by atoms with Crippen molar-refractivity contribution < 1.29 is 23.9 Å². The molecule has 1 aliphatic carbocycles. The van der Waals surface area contributed by atoms with E-state index in [2.05, 4.69) is 4.74 Å². The molecule has 0 unspecified atom stereocenters. The van der Waals surface area contributed by atoms with Crippen LogP contribution in [0.5, 0.6) is 0 Å². The molecule has 1 spiro atoms. The molecule has 0 bridgehead atoms. The number of hydrogen-bond acceptors (Lipinski definition) is 5. The van der Waals surface area contributed by atoms with Gasteiger partial charge in [0, 0.05) is 12.5 Å². The van der Waals surface area contributed by atoms with Gasteiger partial charge in [-0.05, 0) is 12.8 Å². The van der Waals surface area contributed by atoms with Crippen LogP contribution in [0.3, 0.4) is 0 Å². The number of likely N-dealkylation sites (tertiary alicyclic amines) is 1. The third-order valence-corrected chi connectivity index (χ3v) is 4.56. The number of carbonyl (C=O) groups excluding carboxylic acids is 4. The zero-order valence-electron chi connectivity index (χ0n) is 11.2. The van der Waals surface area contributed by atoms with Crippen LogP contribution in [0.1, 0.15) is 51.4 Å². The summed E-state index contributed by atoms with van der Waals surface area (Å²) in [5, 5.41) is 0. The van der Waals surface area contributed by atoms with Crippen molar-refractivity contribution >= 4 is 23.8 Å². The minimum atomic E-state index is -1.17. The molecule has 1 saturated carbocycles. The molecule has 3 aliphatic rings. The summed E-state index contributed by atoms with van der Waals surface area (Å²) in [7, 11) is 0. The Hall–Kier alpha value is -1.72. The van der Waals surface area contributed by atoms with Crippen molar-refractivity contribution in [2.75, 3.05) is 0 Å². The number of cyclic esters (lactones) is 2. The highest BCUT2D eigenvalue weighted by Gasteiger charge is 2.57. The van der Waals surface area contributed by atoms with E-state index in [1.807, 2.05) is 0 Å². The van der Waals surface area contributed by atoms with Crippen molar-refractivity contribution in [2.45, 2.75) is 57.4 Å². The van der Waals surface area contributed by atoms with Crippen LogP contribution in [-0.4, -0.2) is 34.7 Å². The van der Waals surface area contributed by atoms with Crippen molar-refractivity contribution in [2.24, 2.45) is 5.41 Å². The number of rotatable bonds is 1. The van der Waals surface area contributed by atoms with Gasteiger partial charge in [0.1, 0.15) is 0 Å². The molecule has 108 valence electrons. The van der Waals surface area contributed by atoms with Crippen molar-refractivity contribution in [3.63, 3.8) is 0 Å². The quantitative estimate of drug-likeness (QED) is 0.405. The van der Waals surface area contributed by atoms with E-state index in [0.717, 1.165) is 32.1 Å². The number of esters is 2. The molecule has 0 aromatic rings. The molecule has 2 saturated heterocycles. The first-order valence-corrected chi connectivity index (χ1v) is 7.12. The van der Waals surface area contributed by atoms with Crippen LogP contribution >= 0.6 is 0 Å². The zero-order chi connectivity index (χ0) is 14.3. The lowest BCUT2D eigenvalue weighted by Crippen LogP contribution is -2.46. The minimum Gasteiger partial charge on any atom is -0.393 e. The average molecular weight is 279 g/mol. The predicted octanol–water partition coefficient (Wildman–Crippen LogP) is 0.928. The fourth-order valence-electron chi connectivity index (χ4n) is 3.62. The van der Waals surface area contributed by atoms with Gasteiger partial charge in [-0.3, -0.25) is 24.1 Å². The second kappa shape index (κ2) is 4.68. The summed E-state index contributed by atoms with van der Waals surface area (Å²) >= 11 is 0. The number of carbonyl (C=O) groups is 4. The average Bonchev–Trinajstić information content (AvgIpc) is 2.60. The lowest BCUT2D eigenvalue weighted by molar-refractivity contribution is -0.172. The number of nitrogens with zero attached hydrogens (tertiary/aromatic N) is 1. The lowest BCUT2D eigenvalue weighted by Gasteiger charge is -2.32. The molecule has 0 radical (unpaired) electrons. The number of imide groups is 1. The highest BCUT2D eigenvalue weighted by molar-refractivity contribution is 6.10. The van der Waals surface area contributed by atoms with E-state index in [1.165, 1.54) is 4.90 Å². The third-order valence-electron chi connectivity index (χ3n) is 4.56. The Kier molecular flexibility index (Phi) is 3.11. The summed E-state index contributed by atoms with van der Waals surface area (Å²) in [5.41, 5.74) is -1.17. The Morgan fingerprint density at radius 1 is 0.900 bits per heavy atom. The predicted molar refractivity (Wildman–Crippen MR) is 66.1 cm³/mol. The normalized spacial score (nSPS) is 27.3. The monoisotopic (exact) mass is 279 g/mol. The highest BCUT2D eigenvalue weighted by atomic mass is 16.6.